The predicted molar refractivity (Wildman–Crippen MR) is 13.1 cm³/mol. The van der Waals surface area contributed by atoms with E-state index in [-0.39, 0.29) is 71.4 Å². The summed E-state index contributed by atoms with van der Waals surface area (Å²) in [6.45, 7) is 0. The monoisotopic (exact) mass is 302 g/mol. The van der Waals surface area contributed by atoms with Gasteiger partial charge in [-0.1, -0.05) is 0 Å². The van der Waals surface area contributed by atoms with E-state index in [0.29, 0.717) is 0 Å². The average molecular weight is 304 g/mol. The van der Waals surface area contributed by atoms with Crippen LogP contribution in [0.1, 0.15) is 0 Å². The normalized spacial score (nSPS) is 2.18. The zero-order chi connectivity index (χ0) is 3.58. The van der Waals surface area contributed by atoms with Crippen LogP contribution in [-0.4, -0.2) is 28.1 Å². The molecule has 0 aromatic heterocycles. The van der Waals surface area contributed by atoms with Crippen LogP contribution in [0.3, 0.4) is 0 Å². The van der Waals surface area contributed by atoms with Crippen LogP contribution < -0.4 is 10.2 Å². The van der Waals surface area contributed by atoms with Crippen molar-refractivity contribution in [2.45, 2.75) is 0 Å². The van der Waals surface area contributed by atoms with Crippen LogP contribution in [0.2, 0.25) is 0 Å². The van der Waals surface area contributed by atoms with E-state index in [1.165, 1.54) is 0 Å². The molecule has 0 amide bonds. The predicted octanol–water partition coefficient (Wildman–Crippen LogP) is -3.16. The van der Waals surface area contributed by atoms with Crippen LogP contribution in [-0.2, 0) is 49.5 Å². The Kier molecular flexibility index (Phi) is 693. The molecule has 0 aliphatic carbocycles. The first kappa shape index (κ1) is 101. The van der Waals surface area contributed by atoms with Crippen molar-refractivity contribution in [2.24, 2.45) is 0 Å². The van der Waals surface area contributed by atoms with Crippen molar-refractivity contribution in [3.8, 4) is 0 Å². The molecule has 0 aliphatic rings. The van der Waals surface area contributed by atoms with Crippen molar-refractivity contribution in [3.63, 3.8) is 0 Å². The molecule has 0 fully saturated rings. The first-order chi connectivity index (χ1) is 1.73. The van der Waals surface area contributed by atoms with Gasteiger partial charge in [-0.2, -0.15) is 0 Å². The molecule has 0 radical (unpaired) electrons. The summed E-state index contributed by atoms with van der Waals surface area (Å²) in [5.41, 5.74) is 0. The summed E-state index contributed by atoms with van der Waals surface area (Å²) in [4.78, 5) is 8.33. The van der Waals surface area contributed by atoms with E-state index in [9.17, 15) is 0 Å². The SMILES string of the molecule is O=C([O-])[O-].[Ni+2].[Ni+2].[Ni+2].[OH-].[OH-].[OH-].[OH-]. The number of carboxylic acid groups (broad SMARTS) is 2. The van der Waals surface area contributed by atoms with Gasteiger partial charge in [-0.15, -0.1) is 0 Å². The molecule has 4 N–H and O–H groups in total. The third-order valence-electron chi connectivity index (χ3n) is 0. The second-order valence-electron chi connectivity index (χ2n) is 0.250. The fourth-order valence-electron chi connectivity index (χ4n) is 0. The number of hydrogen-bond donors (Lipinski definition) is 0. The topological polar surface area (TPSA) is 183 Å². The average Bonchev–Trinajstić information content (AvgIpc) is 0.811. The molecule has 11 heavy (non-hydrogen) atoms. The Morgan fingerprint density at radius 1 is 0.727 bits per heavy atom. The van der Waals surface area contributed by atoms with Gasteiger partial charge >= 0.3 is 49.5 Å². The number of hydrogen-bond acceptors (Lipinski definition) is 7. The second kappa shape index (κ2) is 75.6. The molecule has 7 nitrogen and oxygen atoms in total. The summed E-state index contributed by atoms with van der Waals surface area (Å²) in [5.74, 6) is 0. The van der Waals surface area contributed by atoms with Crippen molar-refractivity contribution < 1.29 is 86.4 Å². The van der Waals surface area contributed by atoms with Gasteiger partial charge in [0.25, 0.3) is 0 Å². The molecule has 0 aliphatic heterocycles. The van der Waals surface area contributed by atoms with E-state index in [0.717, 1.165) is 0 Å². The van der Waals surface area contributed by atoms with Gasteiger partial charge in [0.05, 0.1) is 0 Å². The number of rotatable bonds is 0. The van der Waals surface area contributed by atoms with E-state index in [1.54, 1.807) is 0 Å². The third kappa shape index (κ3) is 2240. The Bertz CT molecular complexity index is 36.7. The Morgan fingerprint density at radius 2 is 0.727 bits per heavy atom. The van der Waals surface area contributed by atoms with Gasteiger partial charge in [0, 0.05) is 0 Å². The van der Waals surface area contributed by atoms with Crippen LogP contribution in [0.15, 0.2) is 0 Å². The molecule has 0 aromatic rings. The smallest absolute Gasteiger partial charge is 0.870 e. The van der Waals surface area contributed by atoms with Gasteiger partial charge in [0.15, 0.2) is 0 Å². The van der Waals surface area contributed by atoms with E-state index in [4.69, 9.17) is 15.0 Å². The standard InChI is InChI=1S/CH2O3.3Ni.4H2O/c2-1(3)4;;;;;;;/h(H2,2,3,4);;;;4*1H2/q;3*+2;;;;/p-6. The zero-order valence-electron chi connectivity index (χ0n) is 4.46. The van der Waals surface area contributed by atoms with Crippen LogP contribution in [0, 0.1) is 0 Å². The molecule has 0 saturated carbocycles. The molecule has 10 heteroatoms. The maximum absolute atomic E-state index is 8.33. The quantitative estimate of drug-likeness (QED) is 0.422. The van der Waals surface area contributed by atoms with Crippen LogP contribution in [0.5, 0.6) is 0 Å². The van der Waals surface area contributed by atoms with E-state index >= 15 is 0 Å². The Morgan fingerprint density at radius 3 is 0.727 bits per heavy atom. The zero-order valence-corrected chi connectivity index (χ0v) is 7.43. The molecule has 0 bridgehead atoms. The third-order valence-corrected chi connectivity index (χ3v) is 0. The molecule has 80 valence electrons. The van der Waals surface area contributed by atoms with E-state index in [1.807, 2.05) is 0 Å². The molecule has 0 heterocycles. The van der Waals surface area contributed by atoms with E-state index < -0.39 is 6.16 Å². The fraction of sp³-hybridized carbons (Fsp3) is 0. The summed E-state index contributed by atoms with van der Waals surface area (Å²) in [5, 5.41) is 16.7. The van der Waals surface area contributed by atoms with Crippen molar-refractivity contribution >= 4 is 6.16 Å². The first-order valence-electron chi connectivity index (χ1n) is 0.612. The second-order valence-corrected chi connectivity index (χ2v) is 0.250. The van der Waals surface area contributed by atoms with Crippen LogP contribution in [0.4, 0.5) is 4.79 Å². The minimum absolute atomic E-state index is 0. The van der Waals surface area contributed by atoms with Gasteiger partial charge in [0.1, 0.15) is 0 Å². The van der Waals surface area contributed by atoms with Crippen LogP contribution in [0.25, 0.3) is 0 Å². The van der Waals surface area contributed by atoms with Crippen LogP contribution >= 0.6 is 0 Å². The maximum atomic E-state index is 8.33. The van der Waals surface area contributed by atoms with Gasteiger partial charge in [-0.25, -0.2) is 0 Å². The molecule has 0 atom stereocenters. The van der Waals surface area contributed by atoms with Gasteiger partial charge in [-0.05, 0) is 6.16 Å². The van der Waals surface area contributed by atoms with Gasteiger partial charge < -0.3 is 36.9 Å². The molecule has 0 aromatic carbocycles. The van der Waals surface area contributed by atoms with Gasteiger partial charge in [-0.3, -0.25) is 0 Å². The summed E-state index contributed by atoms with van der Waals surface area (Å²) in [7, 11) is 0. The van der Waals surface area contributed by atoms with Crippen molar-refractivity contribution in [1.29, 1.82) is 0 Å². The number of carbonyl (C=O) groups excluding carboxylic acids is 1. The Labute approximate surface area is 92.6 Å². The molecular weight excluding hydrogens is 300 g/mol. The van der Waals surface area contributed by atoms with Crippen molar-refractivity contribution in [1.82, 2.24) is 0 Å². The molecule has 0 rings (SSSR count). The minimum atomic E-state index is -2.33. The Hall–Kier alpha value is 0.591. The van der Waals surface area contributed by atoms with Crippen molar-refractivity contribution in [2.75, 3.05) is 0 Å². The maximum Gasteiger partial charge on any atom is 2.00 e. The first-order valence-corrected chi connectivity index (χ1v) is 0.612. The largest absolute Gasteiger partial charge is 2.00 e. The van der Waals surface area contributed by atoms with E-state index in [2.05, 4.69) is 0 Å². The van der Waals surface area contributed by atoms with Gasteiger partial charge in [0.2, 0.25) is 0 Å². The minimum Gasteiger partial charge on any atom is -0.870 e. The molecule has 0 spiro atoms. The fourth-order valence-corrected chi connectivity index (χ4v) is 0. The Balaban J connectivity index is -0.00000000214. The summed E-state index contributed by atoms with van der Waals surface area (Å²) < 4.78 is 0. The molecular formula is CH4Ni3O7. The number of carbonyl (C=O) groups is 1. The molecule has 0 saturated heterocycles. The summed E-state index contributed by atoms with van der Waals surface area (Å²) in [6.07, 6.45) is -2.33. The summed E-state index contributed by atoms with van der Waals surface area (Å²) in [6, 6.07) is 0. The molecule has 0 unspecified atom stereocenters. The van der Waals surface area contributed by atoms with Crippen molar-refractivity contribution in [3.05, 3.63) is 0 Å². The summed E-state index contributed by atoms with van der Waals surface area (Å²) >= 11 is 0.